The van der Waals surface area contributed by atoms with Crippen molar-refractivity contribution in [1.29, 1.82) is 0 Å². The lowest BCUT2D eigenvalue weighted by Gasteiger charge is -2.31. The number of hydrogen-bond donors (Lipinski definition) is 0. The second-order valence-corrected chi connectivity index (χ2v) is 5.21. The molecule has 0 saturated carbocycles. The van der Waals surface area contributed by atoms with Crippen LogP contribution in [0.3, 0.4) is 0 Å². The lowest BCUT2D eigenvalue weighted by atomic mass is 9.76. The zero-order valence-electron chi connectivity index (χ0n) is 10.6. The third-order valence-electron chi connectivity index (χ3n) is 3.03. The molecule has 0 aliphatic carbocycles. The van der Waals surface area contributed by atoms with E-state index in [-0.39, 0.29) is 11.9 Å². The van der Waals surface area contributed by atoms with Crippen molar-refractivity contribution in [2.45, 2.75) is 26.7 Å². The summed E-state index contributed by atoms with van der Waals surface area (Å²) in [4.78, 5) is 12.0. The van der Waals surface area contributed by atoms with E-state index < -0.39 is 5.41 Å². The predicted molar refractivity (Wildman–Crippen MR) is 73.4 cm³/mol. The molecule has 1 rings (SSSR count). The summed E-state index contributed by atoms with van der Waals surface area (Å²) >= 11 is 3.50. The summed E-state index contributed by atoms with van der Waals surface area (Å²) < 4.78 is 5.15. The van der Waals surface area contributed by atoms with Crippen LogP contribution in [-0.2, 0) is 9.53 Å². The number of esters is 1. The molecule has 17 heavy (non-hydrogen) atoms. The topological polar surface area (TPSA) is 26.3 Å². The zero-order valence-corrected chi connectivity index (χ0v) is 12.2. The average Bonchev–Trinajstić information content (AvgIpc) is 2.31. The molecule has 0 bridgehead atoms. The number of carbonyl (C=O) groups excluding carboxylic acids is 1. The van der Waals surface area contributed by atoms with Crippen LogP contribution in [0.2, 0.25) is 0 Å². The van der Waals surface area contributed by atoms with Gasteiger partial charge in [0.05, 0.1) is 12.0 Å². The third kappa shape index (κ3) is 3.32. The molecule has 3 heteroatoms. The van der Waals surface area contributed by atoms with Crippen LogP contribution in [0.4, 0.5) is 0 Å². The summed E-state index contributed by atoms with van der Waals surface area (Å²) in [6, 6.07) is 10.1. The Hall–Kier alpha value is -0.830. The Bertz CT molecular complexity index is 360. The van der Waals surface area contributed by atoms with Crippen molar-refractivity contribution in [3.05, 3.63) is 35.9 Å². The van der Waals surface area contributed by atoms with Crippen LogP contribution in [0.25, 0.3) is 0 Å². The smallest absolute Gasteiger partial charge is 0.312 e. The molecule has 0 fully saturated rings. The highest BCUT2D eigenvalue weighted by Gasteiger charge is 2.38. The molecule has 0 saturated heterocycles. The first kappa shape index (κ1) is 14.2. The lowest BCUT2D eigenvalue weighted by Crippen LogP contribution is -2.34. The maximum Gasteiger partial charge on any atom is 0.312 e. The number of carbonyl (C=O) groups is 1. The Morgan fingerprint density at radius 2 is 1.94 bits per heavy atom. The maximum absolute atomic E-state index is 12.0. The van der Waals surface area contributed by atoms with E-state index in [1.807, 2.05) is 51.1 Å². The predicted octanol–water partition coefficient (Wildman–Crippen LogP) is 3.75. The maximum atomic E-state index is 12.0. The van der Waals surface area contributed by atoms with Gasteiger partial charge in [-0.15, -0.1) is 0 Å². The minimum atomic E-state index is -0.527. The lowest BCUT2D eigenvalue weighted by molar-refractivity contribution is -0.154. The number of alkyl halides is 1. The van der Waals surface area contributed by atoms with Crippen molar-refractivity contribution in [3.8, 4) is 0 Å². The molecule has 0 radical (unpaired) electrons. The van der Waals surface area contributed by atoms with Gasteiger partial charge in [0.1, 0.15) is 0 Å². The van der Waals surface area contributed by atoms with E-state index >= 15 is 0 Å². The largest absolute Gasteiger partial charge is 0.466 e. The minimum Gasteiger partial charge on any atom is -0.466 e. The van der Waals surface area contributed by atoms with Crippen LogP contribution in [0.1, 0.15) is 32.3 Å². The number of benzene rings is 1. The van der Waals surface area contributed by atoms with Gasteiger partial charge in [-0.2, -0.15) is 0 Å². The molecule has 0 N–H and O–H groups in total. The highest BCUT2D eigenvalue weighted by atomic mass is 79.9. The molecule has 0 aromatic heterocycles. The van der Waals surface area contributed by atoms with Gasteiger partial charge in [0.25, 0.3) is 0 Å². The molecular weight excluding hydrogens is 280 g/mol. The van der Waals surface area contributed by atoms with Crippen molar-refractivity contribution in [2.75, 3.05) is 11.9 Å². The molecule has 1 aromatic rings. The van der Waals surface area contributed by atoms with E-state index in [1.54, 1.807) is 0 Å². The second-order valence-electron chi connectivity index (χ2n) is 4.56. The van der Waals surface area contributed by atoms with Crippen LogP contribution < -0.4 is 0 Å². The highest BCUT2D eigenvalue weighted by molar-refractivity contribution is 9.09. The Balaban J connectivity index is 2.97. The molecule has 0 amide bonds. The van der Waals surface area contributed by atoms with Gasteiger partial charge in [-0.3, -0.25) is 4.79 Å². The molecule has 0 heterocycles. The van der Waals surface area contributed by atoms with Crippen LogP contribution in [0.5, 0.6) is 0 Å². The van der Waals surface area contributed by atoms with E-state index in [1.165, 1.54) is 0 Å². The SMILES string of the molecule is CCOC(=O)C(C)(C)C(CBr)c1ccccc1. The van der Waals surface area contributed by atoms with Gasteiger partial charge in [0.15, 0.2) is 0 Å². The van der Waals surface area contributed by atoms with Crippen molar-refractivity contribution in [1.82, 2.24) is 0 Å². The quantitative estimate of drug-likeness (QED) is 0.611. The van der Waals surface area contributed by atoms with Gasteiger partial charge in [0.2, 0.25) is 0 Å². The van der Waals surface area contributed by atoms with Crippen molar-refractivity contribution in [3.63, 3.8) is 0 Å². The van der Waals surface area contributed by atoms with Crippen LogP contribution in [0.15, 0.2) is 30.3 Å². The normalized spacial score (nSPS) is 13.2. The Morgan fingerprint density at radius 3 is 2.41 bits per heavy atom. The molecule has 1 atom stereocenters. The van der Waals surface area contributed by atoms with Gasteiger partial charge in [-0.05, 0) is 26.3 Å². The van der Waals surface area contributed by atoms with E-state index in [4.69, 9.17) is 4.74 Å². The zero-order chi connectivity index (χ0) is 12.9. The number of halogens is 1. The first-order valence-electron chi connectivity index (χ1n) is 5.82. The van der Waals surface area contributed by atoms with E-state index in [0.29, 0.717) is 6.61 Å². The molecule has 2 nitrogen and oxygen atoms in total. The summed E-state index contributed by atoms with van der Waals surface area (Å²) in [5, 5.41) is 0.739. The van der Waals surface area contributed by atoms with Crippen LogP contribution in [-0.4, -0.2) is 17.9 Å². The fourth-order valence-electron chi connectivity index (χ4n) is 1.84. The number of ether oxygens (including phenoxy) is 1. The molecule has 1 aromatic carbocycles. The summed E-state index contributed by atoms with van der Waals surface area (Å²) in [5.41, 5.74) is 0.628. The van der Waals surface area contributed by atoms with Crippen molar-refractivity contribution >= 4 is 21.9 Å². The molecule has 94 valence electrons. The molecule has 0 aliphatic rings. The van der Waals surface area contributed by atoms with E-state index in [2.05, 4.69) is 15.9 Å². The average molecular weight is 299 g/mol. The summed E-state index contributed by atoms with van der Waals surface area (Å²) in [5.74, 6) is -0.0314. The number of hydrogen-bond acceptors (Lipinski definition) is 2. The minimum absolute atomic E-state index is 0.114. The van der Waals surface area contributed by atoms with Gasteiger partial charge in [-0.1, -0.05) is 46.3 Å². The van der Waals surface area contributed by atoms with Gasteiger partial charge in [0, 0.05) is 11.2 Å². The van der Waals surface area contributed by atoms with E-state index in [0.717, 1.165) is 10.9 Å². The van der Waals surface area contributed by atoms with Crippen molar-refractivity contribution in [2.24, 2.45) is 5.41 Å². The summed E-state index contributed by atoms with van der Waals surface area (Å²) in [7, 11) is 0. The monoisotopic (exact) mass is 298 g/mol. The molecule has 1 unspecified atom stereocenters. The molecule has 0 aliphatic heterocycles. The Labute approximate surface area is 111 Å². The fourth-order valence-corrected chi connectivity index (χ4v) is 3.03. The molecule has 0 spiro atoms. The third-order valence-corrected chi connectivity index (χ3v) is 3.68. The van der Waals surface area contributed by atoms with E-state index in [9.17, 15) is 4.79 Å². The Morgan fingerprint density at radius 1 is 1.35 bits per heavy atom. The second kappa shape index (κ2) is 6.20. The summed E-state index contributed by atoms with van der Waals surface area (Å²) in [6.45, 7) is 6.12. The van der Waals surface area contributed by atoms with Crippen LogP contribution >= 0.6 is 15.9 Å². The summed E-state index contributed by atoms with van der Waals surface area (Å²) in [6.07, 6.45) is 0. The van der Waals surface area contributed by atoms with Gasteiger partial charge in [-0.25, -0.2) is 0 Å². The van der Waals surface area contributed by atoms with Gasteiger partial charge < -0.3 is 4.74 Å². The van der Waals surface area contributed by atoms with Crippen LogP contribution in [0, 0.1) is 5.41 Å². The van der Waals surface area contributed by atoms with Crippen molar-refractivity contribution < 1.29 is 9.53 Å². The first-order valence-corrected chi connectivity index (χ1v) is 6.94. The standard InChI is InChI=1S/C14H19BrO2/c1-4-17-13(16)14(2,3)12(10-15)11-8-6-5-7-9-11/h5-9,12H,4,10H2,1-3H3. The molecular formula is C14H19BrO2. The fraction of sp³-hybridized carbons (Fsp3) is 0.500. The first-order chi connectivity index (χ1) is 8.04. The Kier molecular flexibility index (Phi) is 5.19. The highest BCUT2D eigenvalue weighted by Crippen LogP contribution is 2.37. The van der Waals surface area contributed by atoms with Gasteiger partial charge >= 0.3 is 5.97 Å². The number of rotatable bonds is 5.